The summed E-state index contributed by atoms with van der Waals surface area (Å²) in [4.78, 5) is 12.2. The quantitative estimate of drug-likeness (QED) is 0.880. The molecule has 0 saturated carbocycles. The van der Waals surface area contributed by atoms with Crippen molar-refractivity contribution < 1.29 is 4.79 Å². The van der Waals surface area contributed by atoms with E-state index in [1.165, 1.54) is 5.56 Å². The third-order valence-electron chi connectivity index (χ3n) is 4.63. The molecular weight excluding hydrogens is 295 g/mol. The molecular formula is C15H20Cl2N2O. The van der Waals surface area contributed by atoms with E-state index in [0.29, 0.717) is 0 Å². The molecule has 110 valence electrons. The maximum atomic E-state index is 12.2. The van der Waals surface area contributed by atoms with Crippen LogP contribution in [-0.4, -0.2) is 25.5 Å². The normalized spacial score (nSPS) is 24.9. The van der Waals surface area contributed by atoms with Gasteiger partial charge in [0.2, 0.25) is 5.91 Å². The predicted octanol–water partition coefficient (Wildman–Crippen LogP) is 2.52. The fraction of sp³-hybridized carbons (Fsp3) is 0.533. The number of carbonyl (C=O) groups excluding carboxylic acids is 1. The monoisotopic (exact) mass is 314 g/mol. The van der Waals surface area contributed by atoms with E-state index in [-0.39, 0.29) is 29.6 Å². The average Bonchev–Trinajstić information content (AvgIpc) is 2.87. The number of rotatable bonds is 2. The second kappa shape index (κ2) is 6.33. The van der Waals surface area contributed by atoms with Gasteiger partial charge in [-0.05, 0) is 50.0 Å². The van der Waals surface area contributed by atoms with Gasteiger partial charge in [0.25, 0.3) is 0 Å². The largest absolute Gasteiger partial charge is 0.356 e. The number of hydrogen-bond donors (Lipinski definition) is 2. The van der Waals surface area contributed by atoms with Crippen molar-refractivity contribution in [3.05, 3.63) is 34.9 Å². The first-order chi connectivity index (χ1) is 9.22. The van der Waals surface area contributed by atoms with Gasteiger partial charge in [-0.1, -0.05) is 23.7 Å². The van der Waals surface area contributed by atoms with Crippen LogP contribution in [0.25, 0.3) is 0 Å². The summed E-state index contributed by atoms with van der Waals surface area (Å²) in [6.45, 7) is 2.77. The van der Waals surface area contributed by atoms with Crippen molar-refractivity contribution in [2.75, 3.05) is 19.6 Å². The zero-order valence-corrected chi connectivity index (χ0v) is 12.9. The number of carbonyl (C=O) groups is 1. The van der Waals surface area contributed by atoms with Crippen molar-refractivity contribution in [2.45, 2.75) is 24.7 Å². The lowest BCUT2D eigenvalue weighted by atomic mass is 9.64. The molecule has 20 heavy (non-hydrogen) atoms. The van der Waals surface area contributed by atoms with Gasteiger partial charge in [-0.15, -0.1) is 12.4 Å². The fourth-order valence-corrected chi connectivity index (χ4v) is 3.74. The van der Waals surface area contributed by atoms with Crippen LogP contribution in [0.5, 0.6) is 0 Å². The minimum Gasteiger partial charge on any atom is -0.356 e. The van der Waals surface area contributed by atoms with Crippen molar-refractivity contribution in [1.82, 2.24) is 10.6 Å². The van der Waals surface area contributed by atoms with Crippen molar-refractivity contribution >= 4 is 29.9 Å². The Morgan fingerprint density at radius 3 is 2.30 bits per heavy atom. The topological polar surface area (TPSA) is 41.1 Å². The van der Waals surface area contributed by atoms with Crippen LogP contribution in [0.15, 0.2) is 24.3 Å². The molecule has 2 saturated heterocycles. The molecule has 2 heterocycles. The first-order valence-electron chi connectivity index (χ1n) is 6.97. The van der Waals surface area contributed by atoms with Gasteiger partial charge in [-0.2, -0.15) is 0 Å². The van der Waals surface area contributed by atoms with Gasteiger partial charge < -0.3 is 10.6 Å². The Morgan fingerprint density at radius 2 is 1.75 bits per heavy atom. The van der Waals surface area contributed by atoms with Gasteiger partial charge in [0.1, 0.15) is 0 Å². The molecule has 0 radical (unpaired) electrons. The van der Waals surface area contributed by atoms with Crippen LogP contribution < -0.4 is 10.6 Å². The van der Waals surface area contributed by atoms with Crippen LogP contribution in [-0.2, 0) is 10.2 Å². The lowest BCUT2D eigenvalue weighted by molar-refractivity contribution is -0.124. The van der Waals surface area contributed by atoms with Crippen LogP contribution in [0.3, 0.4) is 0 Å². The Balaban J connectivity index is 0.00000147. The summed E-state index contributed by atoms with van der Waals surface area (Å²) >= 11 is 5.99. The SMILES string of the molecule is Cl.O=C1NCCC1C1(c2ccc(Cl)cc2)CCNCC1. The molecule has 3 rings (SSSR count). The van der Waals surface area contributed by atoms with Crippen LogP contribution in [0.4, 0.5) is 0 Å². The van der Waals surface area contributed by atoms with E-state index in [1.54, 1.807) is 0 Å². The molecule has 3 nitrogen and oxygen atoms in total. The molecule has 2 N–H and O–H groups in total. The number of nitrogens with one attached hydrogen (secondary N) is 2. The summed E-state index contributed by atoms with van der Waals surface area (Å²) < 4.78 is 0. The lowest BCUT2D eigenvalue weighted by Crippen LogP contribution is -2.47. The van der Waals surface area contributed by atoms with E-state index in [2.05, 4.69) is 22.8 Å². The number of hydrogen-bond acceptors (Lipinski definition) is 2. The van der Waals surface area contributed by atoms with Crippen LogP contribution >= 0.6 is 24.0 Å². The molecule has 1 aromatic carbocycles. The van der Waals surface area contributed by atoms with Crippen molar-refractivity contribution in [1.29, 1.82) is 0 Å². The maximum Gasteiger partial charge on any atom is 0.224 e. The average molecular weight is 315 g/mol. The van der Waals surface area contributed by atoms with Crippen molar-refractivity contribution in [3.8, 4) is 0 Å². The highest BCUT2D eigenvalue weighted by Gasteiger charge is 2.46. The molecule has 5 heteroatoms. The molecule has 2 aliphatic heterocycles. The van der Waals surface area contributed by atoms with Crippen LogP contribution in [0.1, 0.15) is 24.8 Å². The Kier molecular flexibility index (Phi) is 4.95. The molecule has 0 aliphatic carbocycles. The molecule has 0 aromatic heterocycles. The number of benzene rings is 1. The fourth-order valence-electron chi connectivity index (χ4n) is 3.61. The van der Waals surface area contributed by atoms with Crippen LogP contribution in [0, 0.1) is 5.92 Å². The van der Waals surface area contributed by atoms with Gasteiger partial charge >= 0.3 is 0 Å². The maximum absolute atomic E-state index is 12.2. The third kappa shape index (κ3) is 2.67. The highest BCUT2D eigenvalue weighted by molar-refractivity contribution is 6.30. The van der Waals surface area contributed by atoms with Crippen LogP contribution in [0.2, 0.25) is 5.02 Å². The second-order valence-electron chi connectivity index (χ2n) is 5.55. The minimum atomic E-state index is -0.0174. The number of amides is 1. The van der Waals surface area contributed by atoms with E-state index in [1.807, 2.05) is 12.1 Å². The van der Waals surface area contributed by atoms with Crippen molar-refractivity contribution in [2.24, 2.45) is 5.92 Å². The van der Waals surface area contributed by atoms with Crippen molar-refractivity contribution in [3.63, 3.8) is 0 Å². The van der Waals surface area contributed by atoms with Gasteiger partial charge in [-0.3, -0.25) is 4.79 Å². The number of halogens is 2. The summed E-state index contributed by atoms with van der Waals surface area (Å²) in [6.07, 6.45) is 2.99. The standard InChI is InChI=1S/C15H19ClN2O.ClH/c16-12-3-1-11(2-4-12)15(6-9-17-10-7-15)13-5-8-18-14(13)19;/h1-4,13,17H,5-10H2,(H,18,19);1H. The molecule has 1 atom stereocenters. The van der Waals surface area contributed by atoms with Gasteiger partial charge in [0, 0.05) is 22.9 Å². The molecule has 1 unspecified atom stereocenters. The van der Waals surface area contributed by atoms with E-state index < -0.39 is 0 Å². The van der Waals surface area contributed by atoms with E-state index in [9.17, 15) is 4.79 Å². The summed E-state index contributed by atoms with van der Waals surface area (Å²) in [7, 11) is 0. The van der Waals surface area contributed by atoms with E-state index in [0.717, 1.165) is 43.9 Å². The third-order valence-corrected chi connectivity index (χ3v) is 4.88. The van der Waals surface area contributed by atoms with Gasteiger partial charge in [0.15, 0.2) is 0 Å². The Bertz CT molecular complexity index is 469. The van der Waals surface area contributed by atoms with Gasteiger partial charge in [-0.25, -0.2) is 0 Å². The summed E-state index contributed by atoms with van der Waals surface area (Å²) in [5.41, 5.74) is 1.25. The van der Waals surface area contributed by atoms with E-state index >= 15 is 0 Å². The predicted molar refractivity (Wildman–Crippen MR) is 83.6 cm³/mol. The Hall–Kier alpha value is -0.770. The molecule has 0 bridgehead atoms. The zero-order valence-electron chi connectivity index (χ0n) is 11.3. The smallest absolute Gasteiger partial charge is 0.224 e. The summed E-state index contributed by atoms with van der Waals surface area (Å²) in [5, 5.41) is 7.14. The highest BCUT2D eigenvalue weighted by Crippen LogP contribution is 2.43. The minimum absolute atomic E-state index is 0. The molecule has 1 aromatic rings. The lowest BCUT2D eigenvalue weighted by Gasteiger charge is -2.42. The number of piperidine rings is 1. The first kappa shape index (κ1) is 15.6. The Labute approximate surface area is 130 Å². The first-order valence-corrected chi connectivity index (χ1v) is 7.35. The molecule has 1 amide bonds. The highest BCUT2D eigenvalue weighted by atomic mass is 35.5. The summed E-state index contributed by atoms with van der Waals surface area (Å²) in [5.74, 6) is 0.327. The van der Waals surface area contributed by atoms with E-state index in [4.69, 9.17) is 11.6 Å². The zero-order chi connectivity index (χ0) is 13.3. The molecule has 2 fully saturated rings. The molecule has 0 spiro atoms. The molecule has 2 aliphatic rings. The Morgan fingerprint density at radius 1 is 1.10 bits per heavy atom. The summed E-state index contributed by atoms with van der Waals surface area (Å²) in [6, 6.07) is 8.07. The second-order valence-corrected chi connectivity index (χ2v) is 5.98. The van der Waals surface area contributed by atoms with Gasteiger partial charge in [0.05, 0.1) is 0 Å².